The SMILES string of the molecule is Cc1cn([C@H]2CC(O)[C@@H](CNC(=O)Cc3ccccc3)O2)c(=O)[nH]c1=O. The number of aryl methyl sites for hydroxylation is 1. The number of rotatable bonds is 5. The Labute approximate surface area is 149 Å². The summed E-state index contributed by atoms with van der Waals surface area (Å²) in [6, 6.07) is 9.33. The smallest absolute Gasteiger partial charge is 0.330 e. The lowest BCUT2D eigenvalue weighted by molar-refractivity contribution is -0.121. The van der Waals surface area contributed by atoms with E-state index in [2.05, 4.69) is 10.3 Å². The number of aromatic amines is 1. The predicted molar refractivity (Wildman–Crippen MR) is 93.7 cm³/mol. The van der Waals surface area contributed by atoms with Crippen LogP contribution in [0, 0.1) is 6.92 Å². The first-order valence-corrected chi connectivity index (χ1v) is 8.40. The first kappa shape index (κ1) is 18.1. The van der Waals surface area contributed by atoms with Crippen molar-refractivity contribution < 1.29 is 14.6 Å². The third-order valence-electron chi connectivity index (χ3n) is 4.37. The molecule has 1 aromatic carbocycles. The van der Waals surface area contributed by atoms with Crippen LogP contribution in [0.25, 0.3) is 0 Å². The predicted octanol–water partition coefficient (Wildman–Crippen LogP) is -0.148. The van der Waals surface area contributed by atoms with Crippen molar-refractivity contribution in [2.45, 2.75) is 38.2 Å². The van der Waals surface area contributed by atoms with E-state index < -0.39 is 29.7 Å². The third kappa shape index (κ3) is 4.09. The number of aliphatic hydroxyl groups is 1. The maximum Gasteiger partial charge on any atom is 0.330 e. The largest absolute Gasteiger partial charge is 0.390 e. The lowest BCUT2D eigenvalue weighted by atomic mass is 10.1. The van der Waals surface area contributed by atoms with E-state index >= 15 is 0 Å². The number of carbonyl (C=O) groups is 1. The molecule has 2 heterocycles. The first-order chi connectivity index (χ1) is 12.4. The van der Waals surface area contributed by atoms with Crippen LogP contribution in [-0.4, -0.2) is 39.3 Å². The molecule has 1 aliphatic heterocycles. The Balaban J connectivity index is 1.59. The molecule has 1 saturated heterocycles. The molecule has 0 aliphatic carbocycles. The molecular formula is C18H21N3O5. The van der Waals surface area contributed by atoms with Gasteiger partial charge in [-0.25, -0.2) is 4.79 Å². The highest BCUT2D eigenvalue weighted by Gasteiger charge is 2.35. The number of aliphatic hydroxyl groups excluding tert-OH is 1. The lowest BCUT2D eigenvalue weighted by Crippen LogP contribution is -2.38. The van der Waals surface area contributed by atoms with E-state index in [1.807, 2.05) is 30.3 Å². The number of ether oxygens (including phenoxy) is 1. The molecule has 3 atom stereocenters. The van der Waals surface area contributed by atoms with Crippen molar-refractivity contribution in [3.8, 4) is 0 Å². The van der Waals surface area contributed by atoms with Crippen LogP contribution in [-0.2, 0) is 16.0 Å². The zero-order valence-electron chi connectivity index (χ0n) is 14.3. The molecule has 3 N–H and O–H groups in total. The van der Waals surface area contributed by atoms with E-state index in [1.54, 1.807) is 6.92 Å². The number of hydrogen-bond acceptors (Lipinski definition) is 5. The van der Waals surface area contributed by atoms with Crippen LogP contribution in [0.3, 0.4) is 0 Å². The molecule has 1 aromatic heterocycles. The van der Waals surface area contributed by atoms with E-state index in [0.29, 0.717) is 5.56 Å². The highest BCUT2D eigenvalue weighted by molar-refractivity contribution is 5.78. The van der Waals surface area contributed by atoms with Gasteiger partial charge in [-0.3, -0.25) is 19.1 Å². The van der Waals surface area contributed by atoms with Crippen LogP contribution in [0.2, 0.25) is 0 Å². The molecule has 1 unspecified atom stereocenters. The van der Waals surface area contributed by atoms with Crippen molar-refractivity contribution in [2.24, 2.45) is 0 Å². The Hall–Kier alpha value is -2.71. The number of benzene rings is 1. The minimum Gasteiger partial charge on any atom is -0.390 e. The summed E-state index contributed by atoms with van der Waals surface area (Å²) < 4.78 is 6.97. The number of carbonyl (C=O) groups excluding carboxylic acids is 1. The van der Waals surface area contributed by atoms with Gasteiger partial charge in [0.2, 0.25) is 5.91 Å². The second kappa shape index (κ2) is 7.67. The molecule has 3 rings (SSSR count). The van der Waals surface area contributed by atoms with Crippen LogP contribution in [0.5, 0.6) is 0 Å². The lowest BCUT2D eigenvalue weighted by Gasteiger charge is -2.17. The van der Waals surface area contributed by atoms with E-state index in [1.165, 1.54) is 10.8 Å². The molecule has 138 valence electrons. The average molecular weight is 359 g/mol. The number of nitrogens with one attached hydrogen (secondary N) is 2. The normalized spacial score (nSPS) is 22.3. The van der Waals surface area contributed by atoms with Crippen molar-refractivity contribution in [3.05, 3.63) is 68.5 Å². The van der Waals surface area contributed by atoms with E-state index in [-0.39, 0.29) is 25.3 Å². The summed E-state index contributed by atoms with van der Waals surface area (Å²) in [5, 5.41) is 12.9. The van der Waals surface area contributed by atoms with Crippen molar-refractivity contribution in [3.63, 3.8) is 0 Å². The van der Waals surface area contributed by atoms with Crippen LogP contribution in [0.4, 0.5) is 0 Å². The summed E-state index contributed by atoms with van der Waals surface area (Å²) in [6.07, 6.45) is -0.287. The van der Waals surface area contributed by atoms with Gasteiger partial charge in [0.25, 0.3) is 5.56 Å². The zero-order valence-corrected chi connectivity index (χ0v) is 14.3. The summed E-state index contributed by atoms with van der Waals surface area (Å²) in [6.45, 7) is 1.72. The highest BCUT2D eigenvalue weighted by Crippen LogP contribution is 2.27. The van der Waals surface area contributed by atoms with Gasteiger partial charge in [-0.1, -0.05) is 30.3 Å². The molecule has 8 nitrogen and oxygen atoms in total. The van der Waals surface area contributed by atoms with Gasteiger partial charge in [0.1, 0.15) is 12.3 Å². The third-order valence-corrected chi connectivity index (χ3v) is 4.37. The van der Waals surface area contributed by atoms with Crippen LogP contribution in [0.15, 0.2) is 46.1 Å². The Morgan fingerprint density at radius 1 is 1.35 bits per heavy atom. The second-order valence-electron chi connectivity index (χ2n) is 6.38. The van der Waals surface area contributed by atoms with Crippen molar-refractivity contribution in [2.75, 3.05) is 6.54 Å². The topological polar surface area (TPSA) is 113 Å². The number of amides is 1. The molecule has 0 spiro atoms. The van der Waals surface area contributed by atoms with Crippen LogP contribution < -0.4 is 16.6 Å². The second-order valence-corrected chi connectivity index (χ2v) is 6.38. The summed E-state index contributed by atoms with van der Waals surface area (Å²) >= 11 is 0. The number of hydrogen-bond donors (Lipinski definition) is 3. The zero-order chi connectivity index (χ0) is 18.7. The van der Waals surface area contributed by atoms with Gasteiger partial charge in [-0.2, -0.15) is 0 Å². The van der Waals surface area contributed by atoms with Gasteiger partial charge in [0.15, 0.2) is 0 Å². The van der Waals surface area contributed by atoms with Gasteiger partial charge >= 0.3 is 5.69 Å². The monoisotopic (exact) mass is 359 g/mol. The standard InChI is InChI=1S/C18H21N3O5/c1-11-10-21(18(25)20-17(11)24)16-8-13(22)14(26-16)9-19-15(23)7-12-5-3-2-4-6-12/h2-6,10,13-14,16,22H,7-9H2,1H3,(H,19,23)(H,20,24,25)/t13?,14-,16-/m1/s1. The fourth-order valence-electron chi connectivity index (χ4n) is 2.93. The summed E-state index contributed by atoms with van der Waals surface area (Å²) in [7, 11) is 0. The maximum absolute atomic E-state index is 12.0. The maximum atomic E-state index is 12.0. The van der Waals surface area contributed by atoms with E-state index in [4.69, 9.17) is 4.74 Å². The number of nitrogens with zero attached hydrogens (tertiary/aromatic N) is 1. The average Bonchev–Trinajstić information content (AvgIpc) is 2.98. The fraction of sp³-hybridized carbons (Fsp3) is 0.389. The number of H-pyrrole nitrogens is 1. The molecular weight excluding hydrogens is 338 g/mol. The quantitative estimate of drug-likeness (QED) is 0.687. The van der Waals surface area contributed by atoms with E-state index in [0.717, 1.165) is 5.56 Å². The van der Waals surface area contributed by atoms with Gasteiger partial charge in [-0.05, 0) is 12.5 Å². The highest BCUT2D eigenvalue weighted by atomic mass is 16.5. The van der Waals surface area contributed by atoms with Crippen molar-refractivity contribution in [1.29, 1.82) is 0 Å². The minimum atomic E-state index is -0.823. The van der Waals surface area contributed by atoms with Gasteiger partial charge in [0.05, 0.1) is 12.5 Å². The van der Waals surface area contributed by atoms with Gasteiger partial charge in [-0.15, -0.1) is 0 Å². The van der Waals surface area contributed by atoms with Gasteiger partial charge < -0.3 is 15.2 Å². The molecule has 2 aromatic rings. The molecule has 26 heavy (non-hydrogen) atoms. The van der Waals surface area contributed by atoms with Crippen molar-refractivity contribution in [1.82, 2.24) is 14.9 Å². The molecule has 1 aliphatic rings. The Morgan fingerprint density at radius 3 is 2.81 bits per heavy atom. The van der Waals surface area contributed by atoms with E-state index in [9.17, 15) is 19.5 Å². The summed E-state index contributed by atoms with van der Waals surface area (Å²) in [4.78, 5) is 37.6. The molecule has 0 bridgehead atoms. The molecule has 0 radical (unpaired) electrons. The van der Waals surface area contributed by atoms with Crippen LogP contribution in [0.1, 0.15) is 23.8 Å². The minimum absolute atomic E-state index is 0.139. The Morgan fingerprint density at radius 2 is 2.08 bits per heavy atom. The Kier molecular flexibility index (Phi) is 5.34. The first-order valence-electron chi connectivity index (χ1n) is 8.40. The fourth-order valence-corrected chi connectivity index (χ4v) is 2.93. The molecule has 8 heteroatoms. The number of aromatic nitrogens is 2. The summed E-state index contributed by atoms with van der Waals surface area (Å²) in [5.41, 5.74) is 0.231. The molecule has 1 fully saturated rings. The molecule has 0 saturated carbocycles. The van der Waals surface area contributed by atoms with Crippen molar-refractivity contribution >= 4 is 5.91 Å². The Bertz CT molecular complexity index is 890. The summed E-state index contributed by atoms with van der Waals surface area (Å²) in [5.74, 6) is -0.174. The van der Waals surface area contributed by atoms with Gasteiger partial charge in [0, 0.05) is 24.7 Å². The molecule has 1 amide bonds. The van der Waals surface area contributed by atoms with Crippen LogP contribution >= 0.6 is 0 Å².